The molecule has 2 aliphatic rings. The number of nitrogens with zero attached hydrogens (tertiary/aromatic N) is 2. The van der Waals surface area contributed by atoms with E-state index in [1.165, 1.54) is 4.90 Å². The molecule has 3 atom stereocenters. The van der Waals surface area contributed by atoms with Crippen LogP contribution >= 0.6 is 0 Å². The van der Waals surface area contributed by atoms with Crippen LogP contribution in [0.2, 0.25) is 0 Å². The predicted octanol–water partition coefficient (Wildman–Crippen LogP) is 4.73. The molecule has 1 aromatic heterocycles. The van der Waals surface area contributed by atoms with Crippen LogP contribution in [0.5, 0.6) is 0 Å². The molecule has 5 rings (SSSR count). The number of aliphatic hydroxyl groups is 2. The Morgan fingerprint density at radius 2 is 1.82 bits per heavy atom. The molecule has 0 bridgehead atoms. The van der Waals surface area contributed by atoms with Crippen molar-refractivity contribution in [1.29, 1.82) is 0 Å². The predicted molar refractivity (Wildman–Crippen MR) is 134 cm³/mol. The molecule has 1 fully saturated rings. The lowest BCUT2D eigenvalue weighted by Gasteiger charge is -2.43. The minimum absolute atomic E-state index is 0.0758. The summed E-state index contributed by atoms with van der Waals surface area (Å²) < 4.78 is 72.8. The lowest BCUT2D eigenvalue weighted by Crippen LogP contribution is -2.50. The van der Waals surface area contributed by atoms with Gasteiger partial charge < -0.3 is 20.1 Å². The van der Waals surface area contributed by atoms with Crippen molar-refractivity contribution in [2.45, 2.75) is 43.9 Å². The summed E-state index contributed by atoms with van der Waals surface area (Å²) >= 11 is 0. The van der Waals surface area contributed by atoms with E-state index in [0.717, 1.165) is 28.6 Å². The maximum atomic E-state index is 15.8. The Kier molecular flexibility index (Phi) is 7.52. The third kappa shape index (κ3) is 4.95. The van der Waals surface area contributed by atoms with E-state index in [9.17, 15) is 23.4 Å². The molecule has 0 spiro atoms. The molecule has 2 aromatic carbocycles. The van der Waals surface area contributed by atoms with Gasteiger partial charge in [-0.25, -0.2) is 17.6 Å². The molecule has 0 saturated carbocycles. The van der Waals surface area contributed by atoms with Gasteiger partial charge >= 0.3 is 0 Å². The molecule has 3 aromatic rings. The Bertz CT molecular complexity index is 1270. The highest BCUT2D eigenvalue weighted by Crippen LogP contribution is 2.44. The fraction of sp³-hybridized carbons (Fsp3) is 0.500. The molecule has 0 radical (unpaired) electrons. The van der Waals surface area contributed by atoms with Crippen molar-refractivity contribution in [1.82, 2.24) is 14.8 Å². The van der Waals surface area contributed by atoms with Gasteiger partial charge in [-0.1, -0.05) is 18.2 Å². The van der Waals surface area contributed by atoms with Crippen LogP contribution in [0.4, 0.5) is 22.0 Å². The normalized spacial score (nSPS) is 22.0. The molecule has 0 unspecified atom stereocenters. The summed E-state index contributed by atoms with van der Waals surface area (Å²) in [5.74, 6) is -5.59. The summed E-state index contributed by atoms with van der Waals surface area (Å²) in [5, 5.41) is 20.9. The van der Waals surface area contributed by atoms with E-state index in [1.54, 1.807) is 6.92 Å². The lowest BCUT2D eigenvalue weighted by molar-refractivity contribution is -0.0869. The number of halogens is 5. The molecule has 3 heterocycles. The van der Waals surface area contributed by atoms with Crippen LogP contribution in [-0.2, 0) is 6.42 Å². The first-order valence-corrected chi connectivity index (χ1v) is 12.9. The Labute approximate surface area is 217 Å². The first kappa shape index (κ1) is 27.1. The molecule has 3 N–H and O–H groups in total. The molecular formula is C28H32F5N3O2. The average molecular weight is 538 g/mol. The number of rotatable bonds is 9. The fourth-order valence-corrected chi connectivity index (χ4v) is 5.97. The fourth-order valence-electron chi connectivity index (χ4n) is 5.97. The Morgan fingerprint density at radius 1 is 1.13 bits per heavy atom. The van der Waals surface area contributed by atoms with Crippen LogP contribution in [0.25, 0.3) is 10.9 Å². The smallest absolute Gasteiger partial charge is 0.283 e. The molecular weight excluding hydrogens is 505 g/mol. The summed E-state index contributed by atoms with van der Waals surface area (Å²) in [5.41, 5.74) is 1.68. The van der Waals surface area contributed by atoms with Crippen LogP contribution in [0.1, 0.15) is 47.9 Å². The Balaban J connectivity index is 1.53. The summed E-state index contributed by atoms with van der Waals surface area (Å²) in [6.07, 6.45) is -0.335. The van der Waals surface area contributed by atoms with E-state index in [-0.39, 0.29) is 17.0 Å². The first-order chi connectivity index (χ1) is 18.1. The van der Waals surface area contributed by atoms with Gasteiger partial charge in [0.25, 0.3) is 5.92 Å². The average Bonchev–Trinajstić information content (AvgIpc) is 3.22. The monoisotopic (exact) mass is 537 g/mol. The summed E-state index contributed by atoms with van der Waals surface area (Å²) in [6, 6.07) is 7.84. The number of fused-ring (bicyclic) bond motifs is 3. The van der Waals surface area contributed by atoms with Gasteiger partial charge in [-0.2, -0.15) is 0 Å². The van der Waals surface area contributed by atoms with Gasteiger partial charge in [0.05, 0.1) is 25.4 Å². The molecule has 0 aliphatic carbocycles. The van der Waals surface area contributed by atoms with Crippen molar-refractivity contribution >= 4 is 10.9 Å². The van der Waals surface area contributed by atoms with E-state index in [0.29, 0.717) is 38.2 Å². The number of hydrogen-bond acceptors (Lipinski definition) is 4. The van der Waals surface area contributed by atoms with Crippen molar-refractivity contribution in [3.05, 3.63) is 70.4 Å². The third-order valence-corrected chi connectivity index (χ3v) is 7.92. The standard InChI is InChI=1S/C28H32F5N3O2/c1-16-9-20-19-5-2-3-6-23(19)34-25(20)26(36(16)14-28(32,33)15-37)24-21(30)10-17(11-22(24)31)27(38)18-12-35(13-18)8-4-7-29/h2-3,5-6,10-11,16,18,26-27,34,37-38H,4,7-9,12-15H2,1H3/t16-,26-,27+/m1/s1. The summed E-state index contributed by atoms with van der Waals surface area (Å²) in [7, 11) is 0. The molecule has 206 valence electrons. The summed E-state index contributed by atoms with van der Waals surface area (Å²) in [6.45, 7) is 0.573. The van der Waals surface area contributed by atoms with E-state index in [1.807, 2.05) is 29.2 Å². The maximum absolute atomic E-state index is 15.8. The number of nitrogens with one attached hydrogen (secondary N) is 1. The van der Waals surface area contributed by atoms with Crippen molar-refractivity contribution in [3.63, 3.8) is 0 Å². The van der Waals surface area contributed by atoms with Crippen molar-refractivity contribution in [2.24, 2.45) is 5.92 Å². The van der Waals surface area contributed by atoms with E-state index in [2.05, 4.69) is 4.98 Å². The molecule has 0 amide bonds. The van der Waals surface area contributed by atoms with Crippen LogP contribution in [0, 0.1) is 17.6 Å². The number of hydrogen-bond donors (Lipinski definition) is 3. The maximum Gasteiger partial charge on any atom is 0.283 e. The zero-order chi connectivity index (χ0) is 27.2. The minimum Gasteiger partial charge on any atom is -0.390 e. The van der Waals surface area contributed by atoms with Gasteiger partial charge in [0.1, 0.15) is 18.2 Å². The lowest BCUT2D eigenvalue weighted by atomic mass is 9.85. The van der Waals surface area contributed by atoms with Crippen molar-refractivity contribution in [3.8, 4) is 0 Å². The van der Waals surface area contributed by atoms with Crippen molar-refractivity contribution in [2.75, 3.05) is 39.5 Å². The third-order valence-electron chi connectivity index (χ3n) is 7.92. The van der Waals surface area contributed by atoms with E-state index < -0.39 is 55.6 Å². The van der Waals surface area contributed by atoms with Gasteiger partial charge in [0, 0.05) is 53.8 Å². The molecule has 38 heavy (non-hydrogen) atoms. The number of para-hydroxylation sites is 1. The van der Waals surface area contributed by atoms with Crippen LogP contribution in [0.15, 0.2) is 36.4 Å². The van der Waals surface area contributed by atoms with Gasteiger partial charge in [0.15, 0.2) is 0 Å². The molecule has 2 aliphatic heterocycles. The van der Waals surface area contributed by atoms with Crippen LogP contribution in [0.3, 0.4) is 0 Å². The highest BCUT2D eigenvalue weighted by Gasteiger charge is 2.44. The van der Waals surface area contributed by atoms with Crippen LogP contribution < -0.4 is 0 Å². The molecule has 1 saturated heterocycles. The Hall–Kier alpha value is -2.53. The first-order valence-electron chi connectivity index (χ1n) is 12.9. The largest absolute Gasteiger partial charge is 0.390 e. The second-order valence-electron chi connectivity index (χ2n) is 10.6. The SMILES string of the molecule is C[C@@H]1Cc2c([nH]c3ccccc23)[C@@H](c2c(F)cc([C@H](O)C3CN(CCCF)C3)cc2F)N1CC(F)(F)CO. The second-order valence-corrected chi connectivity index (χ2v) is 10.6. The number of benzene rings is 2. The number of alkyl halides is 3. The van der Waals surface area contributed by atoms with Gasteiger partial charge in [0.2, 0.25) is 0 Å². The van der Waals surface area contributed by atoms with Gasteiger partial charge in [-0.05, 0) is 49.1 Å². The van der Waals surface area contributed by atoms with Crippen molar-refractivity contribution < 1.29 is 32.2 Å². The van der Waals surface area contributed by atoms with E-state index >= 15 is 8.78 Å². The van der Waals surface area contributed by atoms with Gasteiger partial charge in [-0.3, -0.25) is 9.29 Å². The van der Waals surface area contributed by atoms with Crippen LogP contribution in [-0.4, -0.2) is 76.4 Å². The number of H-pyrrole nitrogens is 1. The Morgan fingerprint density at radius 3 is 2.47 bits per heavy atom. The zero-order valence-corrected chi connectivity index (χ0v) is 21.1. The van der Waals surface area contributed by atoms with Gasteiger partial charge in [-0.15, -0.1) is 0 Å². The highest BCUT2D eigenvalue weighted by atomic mass is 19.3. The quantitative estimate of drug-likeness (QED) is 0.346. The number of likely N-dealkylation sites (tertiary alicyclic amines) is 1. The second kappa shape index (κ2) is 10.6. The number of aromatic nitrogens is 1. The number of aliphatic hydroxyl groups excluding tert-OH is 2. The topological polar surface area (TPSA) is 62.7 Å². The molecule has 10 heteroatoms. The molecule has 5 nitrogen and oxygen atoms in total. The zero-order valence-electron chi connectivity index (χ0n) is 21.1. The highest BCUT2D eigenvalue weighted by molar-refractivity contribution is 5.85. The minimum atomic E-state index is -3.47. The number of aromatic amines is 1. The van der Waals surface area contributed by atoms with E-state index in [4.69, 9.17) is 0 Å². The summed E-state index contributed by atoms with van der Waals surface area (Å²) in [4.78, 5) is 6.51.